The number of hydrogen-bond donors (Lipinski definition) is 0. The Morgan fingerprint density at radius 2 is 0.758 bits per heavy atom. The van der Waals surface area contributed by atoms with Crippen molar-refractivity contribution in [2.75, 3.05) is 0 Å². The zero-order valence-electron chi connectivity index (χ0n) is 20.1. The van der Waals surface area contributed by atoms with E-state index in [-0.39, 0.29) is 18.3 Å². The van der Waals surface area contributed by atoms with Crippen LogP contribution in [0.2, 0.25) is 0 Å². The third-order valence-corrected chi connectivity index (χ3v) is 5.97. The minimum atomic E-state index is 0. The first kappa shape index (κ1) is 24.4. The maximum Gasteiger partial charge on any atom is 0.214 e. The quantitative estimate of drug-likeness (QED) is 0.300. The lowest BCUT2D eigenvalue weighted by Crippen LogP contribution is -2.33. The van der Waals surface area contributed by atoms with E-state index in [0.29, 0.717) is 0 Å². The molecule has 2 aromatic carbocycles. The molecule has 33 heavy (non-hydrogen) atoms. The lowest BCUT2D eigenvalue weighted by molar-refractivity contribution is -0.596. The molecule has 0 fully saturated rings. The highest BCUT2D eigenvalue weighted by atomic mass is 14.9. The van der Waals surface area contributed by atoms with Crippen LogP contribution >= 0.6 is 0 Å². The Hall–Kier alpha value is -3.26. The lowest BCUT2D eigenvalue weighted by Gasteiger charge is -2.19. The van der Waals surface area contributed by atoms with Crippen molar-refractivity contribution in [1.29, 1.82) is 0 Å². The Kier molecular flexibility index (Phi) is 6.88. The molecule has 0 spiro atoms. The second-order valence-corrected chi connectivity index (χ2v) is 10.5. The summed E-state index contributed by atoms with van der Waals surface area (Å²) in [6.07, 6.45) is 8.65. The summed E-state index contributed by atoms with van der Waals surface area (Å²) < 4.78 is 4.43. The highest BCUT2D eigenvalue weighted by Crippen LogP contribution is 2.27. The van der Waals surface area contributed by atoms with E-state index in [1.54, 1.807) is 0 Å². The third kappa shape index (κ3) is 5.22. The fourth-order valence-corrected chi connectivity index (χ4v) is 4.23. The van der Waals surface area contributed by atoms with E-state index in [0.717, 1.165) is 0 Å². The van der Waals surface area contributed by atoms with Crippen LogP contribution in [0.4, 0.5) is 0 Å². The minimum absolute atomic E-state index is 0. The van der Waals surface area contributed by atoms with E-state index in [4.69, 9.17) is 0 Å². The van der Waals surface area contributed by atoms with E-state index in [2.05, 4.69) is 148 Å². The number of rotatable bonds is 3. The normalized spacial score (nSPS) is 11.7. The molecule has 0 aliphatic rings. The molecule has 0 saturated heterocycles. The first-order valence-corrected chi connectivity index (χ1v) is 11.4. The second kappa shape index (κ2) is 9.31. The molecule has 0 aliphatic heterocycles. The molecule has 2 heteroatoms. The van der Waals surface area contributed by atoms with Crippen LogP contribution in [0.1, 0.15) is 60.1 Å². The van der Waals surface area contributed by atoms with Crippen molar-refractivity contribution in [3.63, 3.8) is 0 Å². The van der Waals surface area contributed by atoms with Gasteiger partial charge in [-0.2, -0.15) is 9.13 Å². The summed E-state index contributed by atoms with van der Waals surface area (Å²) in [5.41, 5.74) is 7.77. The Balaban J connectivity index is 0.00000306. The number of aromatic nitrogens is 2. The van der Waals surface area contributed by atoms with Crippen molar-refractivity contribution < 1.29 is 9.13 Å². The molecule has 4 rings (SSSR count). The van der Waals surface area contributed by atoms with Gasteiger partial charge >= 0.3 is 0 Å². The van der Waals surface area contributed by atoms with Crippen molar-refractivity contribution >= 4 is 0 Å². The molecule has 0 aliphatic carbocycles. The maximum atomic E-state index is 2.26. The smallest absolute Gasteiger partial charge is 0.167 e. The van der Waals surface area contributed by atoms with Crippen LogP contribution in [0, 0.1) is 0 Å². The Morgan fingerprint density at radius 1 is 0.455 bits per heavy atom. The van der Waals surface area contributed by atoms with Crippen LogP contribution < -0.4 is 9.13 Å². The van der Waals surface area contributed by atoms with E-state index in [9.17, 15) is 0 Å². The molecule has 0 atom stereocenters. The van der Waals surface area contributed by atoms with Crippen LogP contribution in [-0.4, -0.2) is 0 Å². The third-order valence-electron chi connectivity index (χ3n) is 5.97. The van der Waals surface area contributed by atoms with Crippen LogP contribution in [0.5, 0.6) is 0 Å². The Bertz CT molecular complexity index is 1110. The summed E-state index contributed by atoms with van der Waals surface area (Å²) in [6, 6.07) is 26.1. The molecule has 170 valence electrons. The van der Waals surface area contributed by atoms with Crippen molar-refractivity contribution in [3.05, 3.63) is 109 Å². The van der Waals surface area contributed by atoms with Gasteiger partial charge in [-0.3, -0.25) is 0 Å². The highest BCUT2D eigenvalue weighted by molar-refractivity contribution is 5.61. The maximum absolute atomic E-state index is 2.26. The summed E-state index contributed by atoms with van der Waals surface area (Å²) in [7, 11) is 0. The standard InChI is InChI=1S/C30H34N2.CH4/c1-29(2,3)25-11-7-9-13-27(25)31-19-15-23(16-20-31)24-17-21-32(22-18-24)28-14-10-8-12-26(28)30(4,5)6;/h7-22H,1-6H3;1H4/q+2;. The number of para-hydroxylation sites is 2. The molecular formula is C31H38N2+2. The summed E-state index contributed by atoms with van der Waals surface area (Å²) in [4.78, 5) is 0. The van der Waals surface area contributed by atoms with E-state index in [1.165, 1.54) is 33.6 Å². The molecule has 0 saturated carbocycles. The summed E-state index contributed by atoms with van der Waals surface area (Å²) in [5.74, 6) is 0. The van der Waals surface area contributed by atoms with Gasteiger partial charge in [-0.1, -0.05) is 85.4 Å². The van der Waals surface area contributed by atoms with Crippen molar-refractivity contribution in [2.45, 2.75) is 59.8 Å². The summed E-state index contributed by atoms with van der Waals surface area (Å²) in [6.45, 7) is 13.6. The van der Waals surface area contributed by atoms with Gasteiger partial charge in [0.25, 0.3) is 0 Å². The Morgan fingerprint density at radius 3 is 1.06 bits per heavy atom. The molecule has 2 aromatic heterocycles. The molecular weight excluding hydrogens is 400 g/mol. The van der Waals surface area contributed by atoms with Crippen LogP contribution in [0.15, 0.2) is 97.6 Å². The molecule has 0 bridgehead atoms. The zero-order valence-corrected chi connectivity index (χ0v) is 20.1. The predicted molar refractivity (Wildman–Crippen MR) is 139 cm³/mol. The van der Waals surface area contributed by atoms with Gasteiger partial charge < -0.3 is 0 Å². The molecule has 0 N–H and O–H groups in total. The van der Waals surface area contributed by atoms with Crippen LogP contribution in [0.3, 0.4) is 0 Å². The predicted octanol–water partition coefficient (Wildman–Crippen LogP) is 7.14. The fourth-order valence-electron chi connectivity index (χ4n) is 4.23. The molecule has 0 radical (unpaired) electrons. The molecule has 2 heterocycles. The van der Waals surface area contributed by atoms with Gasteiger partial charge in [-0.15, -0.1) is 0 Å². The van der Waals surface area contributed by atoms with Gasteiger partial charge in [-0.25, -0.2) is 0 Å². The largest absolute Gasteiger partial charge is 0.214 e. The van der Waals surface area contributed by atoms with Crippen molar-refractivity contribution in [1.82, 2.24) is 0 Å². The average Bonchev–Trinajstić information content (AvgIpc) is 2.78. The van der Waals surface area contributed by atoms with Gasteiger partial charge in [0.05, 0.1) is 0 Å². The number of benzene rings is 2. The average molecular weight is 439 g/mol. The summed E-state index contributed by atoms with van der Waals surface area (Å²) >= 11 is 0. The van der Waals surface area contributed by atoms with Gasteiger partial charge in [-0.05, 0) is 22.0 Å². The lowest BCUT2D eigenvalue weighted by atomic mass is 9.85. The van der Waals surface area contributed by atoms with Gasteiger partial charge in [0.1, 0.15) is 0 Å². The molecule has 0 amide bonds. The first-order chi connectivity index (χ1) is 15.1. The van der Waals surface area contributed by atoms with E-state index >= 15 is 0 Å². The SMILES string of the molecule is C.CC(C)(C)c1ccccc1-[n+]1ccc(-c2cc[n+](-c3ccccc3C(C)(C)C)cc2)cc1. The number of nitrogens with zero attached hydrogens (tertiary/aromatic N) is 2. The number of pyridine rings is 2. The zero-order chi connectivity index (χ0) is 22.9. The van der Waals surface area contributed by atoms with Gasteiger partial charge in [0.15, 0.2) is 24.8 Å². The van der Waals surface area contributed by atoms with Gasteiger partial charge in [0.2, 0.25) is 11.4 Å². The molecule has 4 aromatic rings. The van der Waals surface area contributed by atoms with Crippen molar-refractivity contribution in [2.24, 2.45) is 0 Å². The Labute approximate surface area is 200 Å². The highest BCUT2D eigenvalue weighted by Gasteiger charge is 2.24. The van der Waals surface area contributed by atoms with Crippen molar-refractivity contribution in [3.8, 4) is 22.5 Å². The second-order valence-electron chi connectivity index (χ2n) is 10.5. The van der Waals surface area contributed by atoms with Crippen LogP contribution in [0.25, 0.3) is 22.5 Å². The van der Waals surface area contributed by atoms with Crippen LogP contribution in [-0.2, 0) is 10.8 Å². The topological polar surface area (TPSA) is 7.76 Å². The van der Waals surface area contributed by atoms with E-state index in [1.807, 2.05) is 0 Å². The first-order valence-electron chi connectivity index (χ1n) is 11.4. The van der Waals surface area contributed by atoms with E-state index < -0.39 is 0 Å². The molecule has 0 unspecified atom stereocenters. The molecule has 2 nitrogen and oxygen atoms in total. The fraction of sp³-hybridized carbons (Fsp3) is 0.290. The summed E-state index contributed by atoms with van der Waals surface area (Å²) in [5, 5.41) is 0. The monoisotopic (exact) mass is 438 g/mol. The number of hydrogen-bond acceptors (Lipinski definition) is 0. The minimum Gasteiger partial charge on any atom is -0.167 e. The van der Waals surface area contributed by atoms with Gasteiger partial charge in [0, 0.05) is 47.5 Å².